The maximum absolute atomic E-state index is 14.1. The molecule has 1 atom stereocenters. The van der Waals surface area contributed by atoms with Crippen LogP contribution in [0.25, 0.3) is 0 Å². The van der Waals surface area contributed by atoms with Crippen LogP contribution < -0.4 is 0 Å². The van der Waals surface area contributed by atoms with Gasteiger partial charge in [0.25, 0.3) is 0 Å². The van der Waals surface area contributed by atoms with Crippen molar-refractivity contribution >= 4 is 7.60 Å². The summed E-state index contributed by atoms with van der Waals surface area (Å²) in [4.78, 5) is 0. The molecule has 25 heavy (non-hydrogen) atoms. The summed E-state index contributed by atoms with van der Waals surface area (Å²) in [5.74, 6) is 2.06. The van der Waals surface area contributed by atoms with Crippen LogP contribution in [-0.2, 0) is 19.2 Å². The number of hydrogen-bond donors (Lipinski definition) is 1. The molecule has 0 heterocycles. The van der Waals surface area contributed by atoms with Gasteiger partial charge in [0.2, 0.25) is 5.60 Å². The Morgan fingerprint density at radius 2 is 1.48 bits per heavy atom. The largest absolute Gasteiger partial charge is 0.433 e. The van der Waals surface area contributed by atoms with E-state index in [9.17, 15) is 31.6 Å². The molecule has 1 rings (SSSR count). The molecule has 0 radical (unpaired) electrons. The Hall–Kier alpha value is -1.46. The number of aliphatic hydroxyl groups is 1. The van der Waals surface area contributed by atoms with Crippen LogP contribution in [0, 0.1) is 11.8 Å². The minimum absolute atomic E-state index is 0.434. The first-order chi connectivity index (χ1) is 11.4. The summed E-state index contributed by atoms with van der Waals surface area (Å²) in [5.41, 5.74) is -9.18. The molecule has 140 valence electrons. The van der Waals surface area contributed by atoms with E-state index in [0.29, 0.717) is 0 Å². The fourth-order valence-corrected chi connectivity index (χ4v) is 3.03. The number of rotatable bonds is 6. The van der Waals surface area contributed by atoms with Crippen molar-refractivity contribution in [2.75, 3.05) is 13.2 Å². The minimum atomic E-state index is -5.38. The first kappa shape index (κ1) is 21.6. The van der Waals surface area contributed by atoms with Gasteiger partial charge in [0.15, 0.2) is 0 Å². The molecule has 0 aliphatic carbocycles. The molecule has 1 aromatic carbocycles. The Morgan fingerprint density at radius 3 is 1.88 bits per heavy atom. The summed E-state index contributed by atoms with van der Waals surface area (Å²) >= 11 is 0. The van der Waals surface area contributed by atoms with Gasteiger partial charge < -0.3 is 14.2 Å². The lowest BCUT2D eigenvalue weighted by molar-refractivity contribution is -0.240. The van der Waals surface area contributed by atoms with E-state index < -0.39 is 43.8 Å². The fourth-order valence-electron chi connectivity index (χ4n) is 1.76. The van der Waals surface area contributed by atoms with Gasteiger partial charge in [0.05, 0.1) is 13.2 Å². The van der Waals surface area contributed by atoms with Crippen LogP contribution in [0.15, 0.2) is 30.3 Å². The lowest BCUT2D eigenvalue weighted by Gasteiger charge is -2.26. The third-order valence-electron chi connectivity index (χ3n) is 2.94. The third kappa shape index (κ3) is 4.59. The van der Waals surface area contributed by atoms with Crippen LogP contribution in [0.1, 0.15) is 19.4 Å². The quantitative estimate of drug-likeness (QED) is 0.450. The minimum Gasteiger partial charge on any atom is -0.366 e. The van der Waals surface area contributed by atoms with Gasteiger partial charge in [-0.3, -0.25) is 4.57 Å². The van der Waals surface area contributed by atoms with E-state index >= 15 is 0 Å². The lowest BCUT2D eigenvalue weighted by Crippen LogP contribution is -2.41. The first-order valence-corrected chi connectivity index (χ1v) is 8.63. The van der Waals surface area contributed by atoms with Crippen LogP contribution in [0.5, 0.6) is 0 Å². The number of benzene rings is 1. The molecular formula is C15H16F5O4P. The molecule has 0 fully saturated rings. The van der Waals surface area contributed by atoms with Crippen LogP contribution in [0.3, 0.4) is 0 Å². The van der Waals surface area contributed by atoms with E-state index in [0.717, 1.165) is 24.0 Å². The summed E-state index contributed by atoms with van der Waals surface area (Å²) in [7, 11) is -5.14. The molecule has 0 saturated carbocycles. The number of hydrogen-bond acceptors (Lipinski definition) is 4. The fraction of sp³-hybridized carbons (Fsp3) is 0.467. The van der Waals surface area contributed by atoms with Gasteiger partial charge in [-0.15, -0.1) is 0 Å². The predicted molar refractivity (Wildman–Crippen MR) is 80.0 cm³/mol. The molecule has 1 N–H and O–H groups in total. The highest BCUT2D eigenvalue weighted by Crippen LogP contribution is 2.61. The highest BCUT2D eigenvalue weighted by atomic mass is 31.2. The summed E-state index contributed by atoms with van der Waals surface area (Å²) < 4.78 is 88.8. The monoisotopic (exact) mass is 386 g/mol. The Labute approximate surface area is 141 Å². The van der Waals surface area contributed by atoms with E-state index in [1.807, 2.05) is 0 Å². The van der Waals surface area contributed by atoms with Crippen molar-refractivity contribution < 1.29 is 40.7 Å². The molecule has 4 nitrogen and oxygen atoms in total. The van der Waals surface area contributed by atoms with E-state index in [1.54, 1.807) is 0 Å². The van der Waals surface area contributed by atoms with E-state index in [4.69, 9.17) is 0 Å². The molecule has 0 bridgehead atoms. The van der Waals surface area contributed by atoms with Gasteiger partial charge >= 0.3 is 19.4 Å². The van der Waals surface area contributed by atoms with Crippen molar-refractivity contribution in [2.24, 2.45) is 0 Å². The van der Waals surface area contributed by atoms with Crippen molar-refractivity contribution in [1.29, 1.82) is 0 Å². The first-order valence-electron chi connectivity index (χ1n) is 7.09. The number of halogens is 5. The van der Waals surface area contributed by atoms with E-state index in [1.165, 1.54) is 32.0 Å². The molecular weight excluding hydrogens is 370 g/mol. The van der Waals surface area contributed by atoms with E-state index in [-0.39, 0.29) is 0 Å². The average molecular weight is 386 g/mol. The van der Waals surface area contributed by atoms with Crippen molar-refractivity contribution in [2.45, 2.75) is 31.3 Å². The summed E-state index contributed by atoms with van der Waals surface area (Å²) in [6.07, 6.45) is -5.38. The molecule has 0 saturated heterocycles. The predicted octanol–water partition coefficient (Wildman–Crippen LogP) is 4.30. The molecule has 1 unspecified atom stereocenters. The Kier molecular flexibility index (Phi) is 6.76. The van der Waals surface area contributed by atoms with Crippen molar-refractivity contribution in [3.8, 4) is 11.8 Å². The topological polar surface area (TPSA) is 55.8 Å². The average Bonchev–Trinajstić information content (AvgIpc) is 2.52. The Balaban J connectivity index is 3.42. The van der Waals surface area contributed by atoms with Crippen LogP contribution >= 0.6 is 7.60 Å². The summed E-state index contributed by atoms with van der Waals surface area (Å²) in [6.45, 7) is 1.64. The third-order valence-corrected chi connectivity index (χ3v) is 4.93. The second-order valence-corrected chi connectivity index (χ2v) is 6.77. The molecule has 0 amide bonds. The zero-order valence-electron chi connectivity index (χ0n) is 13.3. The Bertz CT molecular complexity index is 671. The second kappa shape index (κ2) is 7.83. The maximum Gasteiger partial charge on any atom is 0.433 e. The van der Waals surface area contributed by atoms with Gasteiger partial charge in [-0.1, -0.05) is 30.3 Å². The molecule has 0 spiro atoms. The SMILES string of the molecule is CCOP(=O)(OCC)C(F)(F)C#CC(O)(c1ccccc1)C(F)(F)F. The second-order valence-electron chi connectivity index (χ2n) is 4.70. The van der Waals surface area contributed by atoms with Crippen molar-refractivity contribution in [3.05, 3.63) is 35.9 Å². The van der Waals surface area contributed by atoms with Crippen LogP contribution in [0.2, 0.25) is 0 Å². The molecule has 10 heteroatoms. The van der Waals surface area contributed by atoms with Gasteiger partial charge in [-0.25, -0.2) is 0 Å². The summed E-state index contributed by atoms with van der Waals surface area (Å²) in [5, 5.41) is 9.90. The van der Waals surface area contributed by atoms with Gasteiger partial charge in [-0.05, 0) is 25.7 Å². The zero-order chi connectivity index (χ0) is 19.4. The normalized spacial score (nSPS) is 15.2. The van der Waals surface area contributed by atoms with Crippen LogP contribution in [0.4, 0.5) is 22.0 Å². The van der Waals surface area contributed by atoms with Crippen molar-refractivity contribution in [3.63, 3.8) is 0 Å². The smallest absolute Gasteiger partial charge is 0.366 e. The van der Waals surface area contributed by atoms with Crippen LogP contribution in [-0.4, -0.2) is 30.2 Å². The highest BCUT2D eigenvalue weighted by Gasteiger charge is 2.57. The maximum atomic E-state index is 14.1. The van der Waals surface area contributed by atoms with Gasteiger partial charge in [0, 0.05) is 5.56 Å². The van der Waals surface area contributed by atoms with Gasteiger partial charge in [0.1, 0.15) is 0 Å². The molecule has 0 aliphatic rings. The molecule has 0 aromatic heterocycles. The molecule has 1 aromatic rings. The standard InChI is InChI=1S/C15H16F5O4P/c1-3-23-25(22,24-4-2)14(16,17)11-10-13(21,15(18,19)20)12-8-6-5-7-9-12/h5-9,21H,3-4H2,1-2H3. The lowest BCUT2D eigenvalue weighted by atomic mass is 9.94. The summed E-state index contributed by atoms with van der Waals surface area (Å²) in [6, 6.07) is 5.49. The number of alkyl halides is 5. The highest BCUT2D eigenvalue weighted by molar-refractivity contribution is 7.55. The molecule has 0 aliphatic heterocycles. The zero-order valence-corrected chi connectivity index (χ0v) is 14.2. The van der Waals surface area contributed by atoms with Crippen molar-refractivity contribution in [1.82, 2.24) is 0 Å². The van der Waals surface area contributed by atoms with Gasteiger partial charge in [-0.2, -0.15) is 22.0 Å². The Morgan fingerprint density at radius 1 is 1.00 bits per heavy atom. The van der Waals surface area contributed by atoms with E-state index in [2.05, 4.69) is 9.05 Å².